The Hall–Kier alpha value is -7.13. The number of aliphatic carboxylic acids is 2. The highest BCUT2D eigenvalue weighted by molar-refractivity contribution is 6.00. The van der Waals surface area contributed by atoms with Gasteiger partial charge in [0.25, 0.3) is 0 Å². The Balaban J connectivity index is 2.18. The maximum absolute atomic E-state index is 14.1. The zero-order valence-corrected chi connectivity index (χ0v) is 36.2. The van der Waals surface area contributed by atoms with Gasteiger partial charge in [-0.3, -0.25) is 62.5 Å². The van der Waals surface area contributed by atoms with E-state index in [1.165, 1.54) is 6.92 Å². The van der Waals surface area contributed by atoms with Gasteiger partial charge in [0.1, 0.15) is 48.3 Å². The summed E-state index contributed by atoms with van der Waals surface area (Å²) in [7, 11) is 0. The first-order valence-electron chi connectivity index (χ1n) is 21.2. The summed E-state index contributed by atoms with van der Waals surface area (Å²) >= 11 is 0. The molecule has 28 heteroatoms. The van der Waals surface area contributed by atoms with Gasteiger partial charge in [-0.05, 0) is 58.3 Å². The lowest BCUT2D eigenvalue weighted by molar-refractivity contribution is -0.148. The second-order valence-corrected chi connectivity index (χ2v) is 16.1. The van der Waals surface area contributed by atoms with Crippen LogP contribution in [0, 0.1) is 0 Å². The van der Waals surface area contributed by atoms with Crippen molar-refractivity contribution in [3.8, 4) is 0 Å². The number of carboxylic acids is 2. The third kappa shape index (κ3) is 15.8. The molecule has 0 bridgehead atoms. The predicted molar refractivity (Wildman–Crippen MR) is 224 cm³/mol. The van der Waals surface area contributed by atoms with E-state index in [0.717, 1.165) is 9.80 Å². The Morgan fingerprint density at radius 2 is 0.985 bits per heavy atom. The topological polar surface area (TPSA) is 461 Å². The van der Waals surface area contributed by atoms with Crippen LogP contribution in [0.1, 0.15) is 84.0 Å². The number of guanidine groups is 1. The molecule has 366 valence electrons. The highest BCUT2D eigenvalue weighted by Crippen LogP contribution is 2.23. The standard InChI is InChI=1S/C38H59N13O15/c1-17(52)29-37(66)51-14-4-6-23(51)34(63)46-18(5-2-12-43-38(41)42)30(59)44-19(8-10-25(39)53)31(60)45-20(9-11-26(40)54)32(61)47-21(15-27(55)56)33(62)48-22(16-28(57)58)36(65)50-13-3-7-24(50)35(64)49-29/h17-24,29,52H,2-16H2,1H3,(H2,39,53)(H2,40,54)(H,44,59)(H,45,60)(H,46,63)(H,47,61)(H,48,62)(H,49,64)(H,55,56)(H,57,58)(H4,41,42,43)/t17-,18-,19+,20-,21+,22+,23-,24+,29+/m1/s1. The fraction of sp³-hybridized carbons (Fsp3) is 0.658. The van der Waals surface area contributed by atoms with Gasteiger partial charge in [-0.1, -0.05) is 0 Å². The van der Waals surface area contributed by atoms with Crippen molar-refractivity contribution in [3.63, 3.8) is 0 Å². The molecule has 28 nitrogen and oxygen atoms in total. The number of nitrogens with two attached hydrogens (primary N) is 4. The Labute approximate surface area is 377 Å². The summed E-state index contributed by atoms with van der Waals surface area (Å²) in [5.41, 5.74) is 21.5. The van der Waals surface area contributed by atoms with Crippen LogP contribution in [-0.4, -0.2) is 176 Å². The van der Waals surface area contributed by atoms with Gasteiger partial charge in [0.05, 0.1) is 18.9 Å². The van der Waals surface area contributed by atoms with E-state index in [-0.39, 0.29) is 64.1 Å². The van der Waals surface area contributed by atoms with Gasteiger partial charge in [0.15, 0.2) is 5.96 Å². The predicted octanol–water partition coefficient (Wildman–Crippen LogP) is -7.19. The lowest BCUT2D eigenvalue weighted by Crippen LogP contribution is -2.62. The number of hydrogen-bond acceptors (Lipinski definition) is 14. The number of carbonyl (C=O) groups is 12. The Morgan fingerprint density at radius 1 is 0.591 bits per heavy atom. The van der Waals surface area contributed by atoms with E-state index in [0.29, 0.717) is 0 Å². The molecule has 0 radical (unpaired) electrons. The van der Waals surface area contributed by atoms with E-state index in [2.05, 4.69) is 36.9 Å². The van der Waals surface area contributed by atoms with Crippen molar-refractivity contribution in [2.45, 2.75) is 138 Å². The largest absolute Gasteiger partial charge is 0.481 e. The number of carbonyl (C=O) groups excluding carboxylic acids is 10. The number of primary amides is 2. The van der Waals surface area contributed by atoms with Crippen molar-refractivity contribution >= 4 is 77.0 Å². The maximum Gasteiger partial charge on any atom is 0.305 e. The van der Waals surface area contributed by atoms with Gasteiger partial charge in [-0.15, -0.1) is 0 Å². The van der Waals surface area contributed by atoms with Crippen LogP contribution in [0.2, 0.25) is 0 Å². The van der Waals surface area contributed by atoms with Crippen LogP contribution in [0.4, 0.5) is 0 Å². The van der Waals surface area contributed by atoms with Crippen molar-refractivity contribution in [1.29, 1.82) is 0 Å². The van der Waals surface area contributed by atoms with Crippen LogP contribution in [0.15, 0.2) is 4.99 Å². The summed E-state index contributed by atoms with van der Waals surface area (Å²) in [6.07, 6.45) is -5.63. The molecule has 3 heterocycles. The number of nitrogens with one attached hydrogen (secondary N) is 6. The van der Waals surface area contributed by atoms with E-state index in [9.17, 15) is 72.9 Å². The molecule has 10 amide bonds. The first-order valence-corrected chi connectivity index (χ1v) is 21.2. The number of fused-ring (bicyclic) bond motifs is 2. The van der Waals surface area contributed by atoms with Crippen molar-refractivity contribution in [1.82, 2.24) is 41.7 Å². The third-order valence-electron chi connectivity index (χ3n) is 10.9. The van der Waals surface area contributed by atoms with Gasteiger partial charge in [0, 0.05) is 32.5 Å². The van der Waals surface area contributed by atoms with Gasteiger partial charge in [-0.2, -0.15) is 0 Å². The number of amides is 10. The average Bonchev–Trinajstić information content (AvgIpc) is 3.93. The van der Waals surface area contributed by atoms with Crippen molar-refractivity contribution in [3.05, 3.63) is 0 Å². The first-order chi connectivity index (χ1) is 31.0. The minimum absolute atomic E-state index is 0.0209. The number of aliphatic imine (C=N–C) groups is 1. The van der Waals surface area contributed by atoms with Crippen molar-refractivity contribution in [2.24, 2.45) is 27.9 Å². The van der Waals surface area contributed by atoms with E-state index in [1.54, 1.807) is 0 Å². The fourth-order valence-electron chi connectivity index (χ4n) is 7.62. The second kappa shape index (κ2) is 24.8. The molecular weight excluding hydrogens is 878 g/mol. The number of carboxylic acid groups (broad SMARTS) is 2. The molecule has 0 aromatic carbocycles. The number of aliphatic hydroxyl groups is 1. The molecule has 3 fully saturated rings. The first kappa shape index (κ1) is 53.2. The maximum atomic E-state index is 14.1. The van der Waals surface area contributed by atoms with Crippen LogP contribution in [0.3, 0.4) is 0 Å². The summed E-state index contributed by atoms with van der Waals surface area (Å²) in [5.74, 6) is -14.2. The summed E-state index contributed by atoms with van der Waals surface area (Å²) in [4.78, 5) is 165. The Bertz CT molecular complexity index is 1930. The molecule has 0 aliphatic carbocycles. The Kier molecular flexibility index (Phi) is 20.0. The molecule has 9 atom stereocenters. The Morgan fingerprint density at radius 3 is 1.44 bits per heavy atom. The molecule has 3 rings (SSSR count). The van der Waals surface area contributed by atoms with Gasteiger partial charge < -0.3 is 80.0 Å². The van der Waals surface area contributed by atoms with E-state index >= 15 is 0 Å². The van der Waals surface area contributed by atoms with Crippen LogP contribution in [0.5, 0.6) is 0 Å². The molecule has 3 aliphatic heterocycles. The van der Waals surface area contributed by atoms with E-state index in [1.807, 2.05) is 0 Å². The van der Waals surface area contributed by atoms with Gasteiger partial charge in [-0.25, -0.2) is 0 Å². The molecule has 0 unspecified atom stereocenters. The second-order valence-electron chi connectivity index (χ2n) is 16.1. The van der Waals surface area contributed by atoms with E-state index < -0.39 is 164 Å². The van der Waals surface area contributed by atoms with Crippen LogP contribution in [0.25, 0.3) is 0 Å². The summed E-state index contributed by atoms with van der Waals surface area (Å²) < 4.78 is 0. The summed E-state index contributed by atoms with van der Waals surface area (Å²) in [6, 6.07) is -13.4. The molecule has 17 N–H and O–H groups in total. The minimum Gasteiger partial charge on any atom is -0.481 e. The average molecular weight is 938 g/mol. The highest BCUT2D eigenvalue weighted by Gasteiger charge is 2.44. The molecule has 3 aliphatic rings. The molecule has 66 heavy (non-hydrogen) atoms. The lowest BCUT2D eigenvalue weighted by Gasteiger charge is -2.33. The third-order valence-corrected chi connectivity index (χ3v) is 10.9. The number of nitrogens with zero attached hydrogens (tertiary/aromatic N) is 3. The number of hydrogen-bond donors (Lipinski definition) is 13. The van der Waals surface area contributed by atoms with Crippen LogP contribution in [-0.2, 0) is 57.5 Å². The normalized spacial score (nSPS) is 26.8. The minimum atomic E-state index is -2.07. The molecule has 0 aromatic rings. The van der Waals surface area contributed by atoms with Crippen molar-refractivity contribution < 1.29 is 72.9 Å². The highest BCUT2D eigenvalue weighted by atomic mass is 16.4. The van der Waals surface area contributed by atoms with Crippen LogP contribution >= 0.6 is 0 Å². The van der Waals surface area contributed by atoms with Crippen molar-refractivity contribution in [2.75, 3.05) is 19.6 Å². The summed E-state index contributed by atoms with van der Waals surface area (Å²) in [5, 5.41) is 44.1. The molecule has 0 saturated carbocycles. The zero-order valence-electron chi connectivity index (χ0n) is 36.2. The molecule has 0 spiro atoms. The van der Waals surface area contributed by atoms with E-state index in [4.69, 9.17) is 22.9 Å². The molecular formula is C38H59N13O15. The van der Waals surface area contributed by atoms with Crippen LogP contribution < -0.4 is 54.8 Å². The quantitative estimate of drug-likeness (QED) is 0.0412. The zero-order chi connectivity index (χ0) is 49.4. The smallest absolute Gasteiger partial charge is 0.305 e. The lowest BCUT2D eigenvalue weighted by atomic mass is 10.0. The summed E-state index contributed by atoms with van der Waals surface area (Å²) in [6.45, 7) is 0.971. The SMILES string of the molecule is C[C@@H](O)[C@@H]1NC(=O)[C@@H]2CCCN2C(=O)[C@H](CC(=O)O)NC(=O)[C@H](CC(=O)O)NC(=O)[C@@H](CCC(N)=O)NC(=O)[C@H](CCC(N)=O)NC(=O)[C@@H](CCCN=C(N)N)NC(=O)[C@H]2CCCN2C1=O. The monoisotopic (exact) mass is 937 g/mol. The van der Waals surface area contributed by atoms with Gasteiger partial charge >= 0.3 is 11.9 Å². The molecule has 3 saturated heterocycles. The molecule has 0 aromatic heterocycles. The number of aliphatic hydroxyl groups excluding tert-OH is 1. The van der Waals surface area contributed by atoms with Gasteiger partial charge in [0.2, 0.25) is 59.1 Å². The fourth-order valence-corrected chi connectivity index (χ4v) is 7.62. The number of rotatable bonds is 15.